The number of aryl methyl sites for hydroxylation is 1. The Morgan fingerprint density at radius 2 is 2.50 bits per heavy atom. The minimum atomic E-state index is 0.102. The van der Waals surface area contributed by atoms with Crippen molar-refractivity contribution in [2.75, 3.05) is 6.61 Å². The van der Waals surface area contributed by atoms with E-state index in [0.717, 1.165) is 5.69 Å². The van der Waals surface area contributed by atoms with Crippen LogP contribution in [0.4, 0.5) is 0 Å². The molecule has 2 heteroatoms. The van der Waals surface area contributed by atoms with E-state index in [1.807, 2.05) is 36.0 Å². The van der Waals surface area contributed by atoms with Crippen LogP contribution in [0.3, 0.4) is 0 Å². The van der Waals surface area contributed by atoms with Gasteiger partial charge in [-0.15, -0.1) is 0 Å². The van der Waals surface area contributed by atoms with Crippen LogP contribution in [-0.2, 0) is 7.05 Å². The van der Waals surface area contributed by atoms with E-state index in [-0.39, 0.29) is 6.61 Å². The van der Waals surface area contributed by atoms with Crippen LogP contribution < -0.4 is 0 Å². The van der Waals surface area contributed by atoms with Crippen LogP contribution in [0.25, 0.3) is 6.08 Å². The highest BCUT2D eigenvalue weighted by Gasteiger charge is 1.87. The number of aliphatic hydroxyl groups excluding tert-OH is 1. The molecule has 2 nitrogen and oxygen atoms in total. The quantitative estimate of drug-likeness (QED) is 0.647. The van der Waals surface area contributed by atoms with E-state index in [1.54, 1.807) is 6.08 Å². The lowest BCUT2D eigenvalue weighted by Crippen LogP contribution is -1.86. The summed E-state index contributed by atoms with van der Waals surface area (Å²) in [6.45, 7) is 0.102. The third-order valence-electron chi connectivity index (χ3n) is 1.38. The van der Waals surface area contributed by atoms with Gasteiger partial charge in [-0.2, -0.15) is 0 Å². The van der Waals surface area contributed by atoms with Gasteiger partial charge in [0.25, 0.3) is 0 Å². The van der Waals surface area contributed by atoms with E-state index in [4.69, 9.17) is 5.11 Å². The number of aromatic nitrogens is 1. The molecule has 0 unspecified atom stereocenters. The fourth-order valence-corrected chi connectivity index (χ4v) is 0.821. The SMILES string of the molecule is Cn1cccc1C=CCO. The van der Waals surface area contributed by atoms with Crippen molar-refractivity contribution in [3.8, 4) is 0 Å². The van der Waals surface area contributed by atoms with E-state index >= 15 is 0 Å². The van der Waals surface area contributed by atoms with Crippen LogP contribution in [0, 0.1) is 0 Å². The topological polar surface area (TPSA) is 25.2 Å². The molecule has 1 aromatic rings. The molecule has 0 bridgehead atoms. The first-order valence-corrected chi connectivity index (χ1v) is 3.23. The second kappa shape index (κ2) is 3.22. The summed E-state index contributed by atoms with van der Waals surface area (Å²) in [6.07, 6.45) is 5.58. The Kier molecular flexibility index (Phi) is 2.29. The second-order valence-corrected chi connectivity index (χ2v) is 2.13. The predicted octanol–water partition coefficient (Wildman–Crippen LogP) is 1.03. The number of hydrogen-bond acceptors (Lipinski definition) is 1. The molecule has 1 aromatic heterocycles. The highest BCUT2D eigenvalue weighted by molar-refractivity contribution is 5.45. The molecular formula is C8H11NO. The zero-order chi connectivity index (χ0) is 7.40. The molecule has 0 amide bonds. The Morgan fingerprint density at radius 3 is 3.00 bits per heavy atom. The summed E-state index contributed by atoms with van der Waals surface area (Å²) >= 11 is 0. The third kappa shape index (κ3) is 1.48. The van der Waals surface area contributed by atoms with E-state index < -0.39 is 0 Å². The van der Waals surface area contributed by atoms with Crippen LogP contribution >= 0.6 is 0 Å². The summed E-state index contributed by atoms with van der Waals surface area (Å²) in [7, 11) is 1.97. The van der Waals surface area contributed by atoms with Crippen LogP contribution in [0.15, 0.2) is 24.4 Å². The normalized spacial score (nSPS) is 11.0. The maximum atomic E-state index is 8.46. The number of hydrogen-bond donors (Lipinski definition) is 1. The predicted molar refractivity (Wildman–Crippen MR) is 41.5 cm³/mol. The summed E-state index contributed by atoms with van der Waals surface area (Å²) in [5.41, 5.74) is 1.11. The van der Waals surface area contributed by atoms with E-state index in [2.05, 4.69) is 0 Å². The first kappa shape index (κ1) is 7.09. The van der Waals surface area contributed by atoms with Crippen molar-refractivity contribution in [3.63, 3.8) is 0 Å². The molecule has 0 aliphatic heterocycles. The lowest BCUT2D eigenvalue weighted by molar-refractivity contribution is 0.343. The molecule has 54 valence electrons. The van der Waals surface area contributed by atoms with Crippen molar-refractivity contribution < 1.29 is 5.11 Å². The van der Waals surface area contributed by atoms with Gasteiger partial charge in [0.1, 0.15) is 0 Å². The van der Waals surface area contributed by atoms with Crippen molar-refractivity contribution in [3.05, 3.63) is 30.1 Å². The van der Waals surface area contributed by atoms with Gasteiger partial charge in [-0.1, -0.05) is 6.08 Å². The number of aliphatic hydroxyl groups is 1. The Hall–Kier alpha value is -1.02. The molecule has 0 atom stereocenters. The van der Waals surface area contributed by atoms with Gasteiger partial charge < -0.3 is 9.67 Å². The van der Waals surface area contributed by atoms with Crippen molar-refractivity contribution in [2.45, 2.75) is 0 Å². The van der Waals surface area contributed by atoms with Crippen molar-refractivity contribution in [2.24, 2.45) is 7.05 Å². The van der Waals surface area contributed by atoms with Gasteiger partial charge in [-0.3, -0.25) is 0 Å². The average molecular weight is 137 g/mol. The van der Waals surface area contributed by atoms with Crippen LogP contribution in [-0.4, -0.2) is 16.3 Å². The molecule has 0 saturated heterocycles. The highest BCUT2D eigenvalue weighted by atomic mass is 16.2. The lowest BCUT2D eigenvalue weighted by atomic mass is 10.4. The summed E-state index contributed by atoms with van der Waals surface area (Å²) < 4.78 is 1.99. The molecule has 0 radical (unpaired) electrons. The zero-order valence-corrected chi connectivity index (χ0v) is 5.99. The van der Waals surface area contributed by atoms with Gasteiger partial charge in [-0.25, -0.2) is 0 Å². The highest BCUT2D eigenvalue weighted by Crippen LogP contribution is 2.00. The van der Waals surface area contributed by atoms with Gasteiger partial charge >= 0.3 is 0 Å². The fourth-order valence-electron chi connectivity index (χ4n) is 0.821. The van der Waals surface area contributed by atoms with Gasteiger partial charge in [-0.05, 0) is 18.2 Å². The van der Waals surface area contributed by atoms with Crippen molar-refractivity contribution >= 4 is 6.08 Å². The smallest absolute Gasteiger partial charge is 0.0616 e. The van der Waals surface area contributed by atoms with E-state index in [0.29, 0.717) is 0 Å². The molecule has 1 N–H and O–H groups in total. The Balaban J connectivity index is 2.74. The molecular weight excluding hydrogens is 126 g/mol. The largest absolute Gasteiger partial charge is 0.392 e. The average Bonchev–Trinajstić information content (AvgIpc) is 2.31. The standard InChI is InChI=1S/C8H11NO/c1-9-6-2-4-8(9)5-3-7-10/h2-6,10H,7H2,1H3. The molecule has 0 spiro atoms. The molecule has 0 aromatic carbocycles. The molecule has 0 aliphatic rings. The Morgan fingerprint density at radius 1 is 1.70 bits per heavy atom. The molecule has 1 heterocycles. The molecule has 0 saturated carbocycles. The molecule has 10 heavy (non-hydrogen) atoms. The van der Waals surface area contributed by atoms with Crippen LogP contribution in [0.2, 0.25) is 0 Å². The van der Waals surface area contributed by atoms with Crippen LogP contribution in [0.1, 0.15) is 5.69 Å². The third-order valence-corrected chi connectivity index (χ3v) is 1.38. The minimum absolute atomic E-state index is 0.102. The van der Waals surface area contributed by atoms with E-state index in [1.165, 1.54) is 0 Å². The first-order chi connectivity index (χ1) is 4.84. The second-order valence-electron chi connectivity index (χ2n) is 2.13. The summed E-state index contributed by atoms with van der Waals surface area (Å²) in [6, 6.07) is 3.96. The number of rotatable bonds is 2. The van der Waals surface area contributed by atoms with Crippen molar-refractivity contribution in [1.29, 1.82) is 0 Å². The Labute approximate surface area is 60.4 Å². The van der Waals surface area contributed by atoms with Gasteiger partial charge in [0.15, 0.2) is 0 Å². The van der Waals surface area contributed by atoms with Gasteiger partial charge in [0.05, 0.1) is 6.61 Å². The Bertz CT molecular complexity index is 225. The van der Waals surface area contributed by atoms with Gasteiger partial charge in [0.2, 0.25) is 0 Å². The van der Waals surface area contributed by atoms with Crippen molar-refractivity contribution in [1.82, 2.24) is 4.57 Å². The molecule has 1 rings (SSSR count). The molecule has 0 aliphatic carbocycles. The minimum Gasteiger partial charge on any atom is -0.392 e. The van der Waals surface area contributed by atoms with E-state index in [9.17, 15) is 0 Å². The molecule has 0 fully saturated rings. The van der Waals surface area contributed by atoms with Crippen LogP contribution in [0.5, 0.6) is 0 Å². The monoisotopic (exact) mass is 137 g/mol. The fraction of sp³-hybridized carbons (Fsp3) is 0.250. The summed E-state index contributed by atoms with van der Waals surface area (Å²) in [5, 5.41) is 8.46. The lowest BCUT2D eigenvalue weighted by Gasteiger charge is -1.93. The zero-order valence-electron chi connectivity index (χ0n) is 5.99. The van der Waals surface area contributed by atoms with Gasteiger partial charge in [0, 0.05) is 18.9 Å². The summed E-state index contributed by atoms with van der Waals surface area (Å²) in [4.78, 5) is 0. The number of nitrogens with zero attached hydrogens (tertiary/aromatic N) is 1. The first-order valence-electron chi connectivity index (χ1n) is 3.23. The maximum absolute atomic E-state index is 8.46. The maximum Gasteiger partial charge on any atom is 0.0616 e. The summed E-state index contributed by atoms with van der Waals surface area (Å²) in [5.74, 6) is 0.